The van der Waals surface area contributed by atoms with E-state index in [0.29, 0.717) is 5.56 Å². The second-order valence-electron chi connectivity index (χ2n) is 8.55. The average Bonchev–Trinajstić information content (AvgIpc) is 3.27. The smallest absolute Gasteiger partial charge is 0.326 e. The van der Waals surface area contributed by atoms with Crippen molar-refractivity contribution >= 4 is 59.0 Å². The molecule has 0 fully saturated rings. The van der Waals surface area contributed by atoms with E-state index < -0.39 is 66.1 Å². The lowest BCUT2D eigenvalue weighted by Crippen LogP contribution is -2.58. The molecular weight excluding hydrogens is 518 g/mol. The Kier molecular flexibility index (Phi) is 11.1. The Balaban J connectivity index is 2.34. The molecule has 0 aliphatic heterocycles. The summed E-state index contributed by atoms with van der Waals surface area (Å²) in [5.74, 6) is -5.66. The third-order valence-corrected chi connectivity index (χ3v) is 5.99. The van der Waals surface area contributed by atoms with Crippen LogP contribution in [0.15, 0.2) is 30.5 Å². The lowest BCUT2D eigenvalue weighted by atomic mass is 10.0. The normalized spacial score (nSPS) is 14.1. The predicted octanol–water partition coefficient (Wildman–Crippen LogP) is -2.35. The first kappa shape index (κ1) is 30.1. The molecule has 1 aromatic carbocycles. The molecule has 2 rings (SSSR count). The molecule has 4 atom stereocenters. The second kappa shape index (κ2) is 14.0. The van der Waals surface area contributed by atoms with Crippen LogP contribution in [0.2, 0.25) is 0 Å². The van der Waals surface area contributed by atoms with Gasteiger partial charge in [0.1, 0.15) is 18.1 Å². The zero-order valence-electron chi connectivity index (χ0n) is 20.3. The third kappa shape index (κ3) is 8.77. The Morgan fingerprint density at radius 1 is 0.895 bits per heavy atom. The number of aliphatic carboxylic acids is 1. The van der Waals surface area contributed by atoms with Crippen LogP contribution in [0.1, 0.15) is 24.8 Å². The van der Waals surface area contributed by atoms with Gasteiger partial charge in [-0.05, 0) is 18.1 Å². The van der Waals surface area contributed by atoms with Crippen LogP contribution >= 0.6 is 12.6 Å². The maximum Gasteiger partial charge on any atom is 0.326 e. The van der Waals surface area contributed by atoms with Gasteiger partial charge in [0.25, 0.3) is 0 Å². The molecule has 0 aliphatic rings. The minimum Gasteiger partial charge on any atom is -0.480 e. The molecule has 2 aromatic rings. The van der Waals surface area contributed by atoms with E-state index in [1.165, 1.54) is 0 Å². The van der Waals surface area contributed by atoms with E-state index in [2.05, 4.69) is 33.6 Å². The molecule has 5 amide bonds. The number of aromatic nitrogens is 1. The van der Waals surface area contributed by atoms with Crippen molar-refractivity contribution in [3.8, 4) is 0 Å². The van der Waals surface area contributed by atoms with Gasteiger partial charge in [0, 0.05) is 35.7 Å². The van der Waals surface area contributed by atoms with Crippen molar-refractivity contribution in [2.24, 2.45) is 17.2 Å². The molecule has 1 aromatic heterocycles. The van der Waals surface area contributed by atoms with Crippen molar-refractivity contribution in [2.45, 2.75) is 49.9 Å². The first-order chi connectivity index (χ1) is 17.9. The topological polar surface area (TPSA) is 253 Å². The molecule has 0 radical (unpaired) electrons. The summed E-state index contributed by atoms with van der Waals surface area (Å²) < 4.78 is 0. The molecule has 4 unspecified atom stereocenters. The molecule has 0 bridgehead atoms. The fraction of sp³-hybridized carbons (Fsp3) is 0.391. The van der Waals surface area contributed by atoms with E-state index in [1.54, 1.807) is 30.5 Å². The molecule has 38 heavy (non-hydrogen) atoms. The van der Waals surface area contributed by atoms with Gasteiger partial charge in [-0.15, -0.1) is 0 Å². The molecule has 14 nitrogen and oxygen atoms in total. The number of fused-ring (bicyclic) bond motifs is 1. The van der Waals surface area contributed by atoms with Crippen LogP contribution < -0.4 is 33.2 Å². The molecule has 0 aliphatic carbocycles. The van der Waals surface area contributed by atoms with Gasteiger partial charge in [0.05, 0.1) is 12.5 Å². The number of carbonyl (C=O) groups is 6. The fourth-order valence-electron chi connectivity index (χ4n) is 3.59. The number of hydrogen-bond acceptors (Lipinski definition) is 8. The quantitative estimate of drug-likeness (QED) is 0.108. The maximum absolute atomic E-state index is 13.2. The van der Waals surface area contributed by atoms with Crippen molar-refractivity contribution in [3.63, 3.8) is 0 Å². The van der Waals surface area contributed by atoms with E-state index in [4.69, 9.17) is 17.2 Å². The summed E-state index contributed by atoms with van der Waals surface area (Å²) in [4.78, 5) is 75.9. The number of thiol groups is 1. The van der Waals surface area contributed by atoms with Crippen molar-refractivity contribution in [2.75, 3.05) is 5.75 Å². The van der Waals surface area contributed by atoms with Gasteiger partial charge in [-0.1, -0.05) is 18.2 Å². The van der Waals surface area contributed by atoms with Gasteiger partial charge >= 0.3 is 5.97 Å². The number of aromatic amines is 1. The highest BCUT2D eigenvalue weighted by atomic mass is 32.1. The fourth-order valence-corrected chi connectivity index (χ4v) is 3.76. The van der Waals surface area contributed by atoms with Crippen molar-refractivity contribution in [1.29, 1.82) is 0 Å². The Morgan fingerprint density at radius 3 is 2.11 bits per heavy atom. The van der Waals surface area contributed by atoms with E-state index >= 15 is 0 Å². The number of carboxylic acids is 1. The van der Waals surface area contributed by atoms with Gasteiger partial charge in [-0.3, -0.25) is 24.0 Å². The van der Waals surface area contributed by atoms with Crippen LogP contribution in [-0.4, -0.2) is 75.5 Å². The molecule has 11 N–H and O–H groups in total. The summed E-state index contributed by atoms with van der Waals surface area (Å²) >= 11 is 3.95. The van der Waals surface area contributed by atoms with Gasteiger partial charge in [0.15, 0.2) is 0 Å². The molecule has 15 heteroatoms. The molecule has 206 valence electrons. The average molecular weight is 550 g/mol. The van der Waals surface area contributed by atoms with Crippen LogP contribution in [0.3, 0.4) is 0 Å². The Labute approximate surface area is 222 Å². The largest absolute Gasteiger partial charge is 0.480 e. The van der Waals surface area contributed by atoms with Crippen molar-refractivity contribution < 1.29 is 33.9 Å². The number of carbonyl (C=O) groups excluding carboxylic acids is 5. The summed E-state index contributed by atoms with van der Waals surface area (Å²) in [6, 6.07) is 1.86. The van der Waals surface area contributed by atoms with Crippen LogP contribution in [-0.2, 0) is 35.2 Å². The van der Waals surface area contributed by atoms with E-state index in [9.17, 15) is 33.9 Å². The van der Waals surface area contributed by atoms with Crippen LogP contribution in [0.5, 0.6) is 0 Å². The number of primary amides is 2. The van der Waals surface area contributed by atoms with Crippen molar-refractivity contribution in [1.82, 2.24) is 20.9 Å². The molecule has 0 saturated carbocycles. The number of para-hydroxylation sites is 1. The number of H-pyrrole nitrogens is 1. The van der Waals surface area contributed by atoms with Gasteiger partial charge in [-0.2, -0.15) is 12.6 Å². The SMILES string of the molecule is NC(=O)CCC(NC(=O)C(N)CS)C(=O)NC(Cc1c[nH]c2ccccc12)C(=O)NC(CC(N)=O)C(=O)O. The van der Waals surface area contributed by atoms with E-state index in [1.807, 2.05) is 0 Å². The number of nitrogens with one attached hydrogen (secondary N) is 4. The molecule has 1 heterocycles. The van der Waals surface area contributed by atoms with Gasteiger partial charge in [-0.25, -0.2) is 4.79 Å². The molecule has 0 spiro atoms. The van der Waals surface area contributed by atoms with Crippen LogP contribution in [0, 0.1) is 0 Å². The van der Waals surface area contributed by atoms with E-state index in [0.717, 1.165) is 10.9 Å². The van der Waals surface area contributed by atoms with Gasteiger partial charge < -0.3 is 43.2 Å². The number of nitrogens with two attached hydrogens (primary N) is 3. The number of amides is 5. The number of hydrogen-bond donors (Lipinski definition) is 9. The minimum absolute atomic E-state index is 0.0158. The van der Waals surface area contributed by atoms with Gasteiger partial charge in [0.2, 0.25) is 29.5 Å². The highest BCUT2D eigenvalue weighted by Crippen LogP contribution is 2.19. The number of benzene rings is 1. The summed E-state index contributed by atoms with van der Waals surface area (Å²) in [7, 11) is 0. The van der Waals surface area contributed by atoms with Crippen LogP contribution in [0.4, 0.5) is 0 Å². The Bertz CT molecular complexity index is 1200. The minimum atomic E-state index is -1.64. The number of carboxylic acid groups (broad SMARTS) is 1. The maximum atomic E-state index is 13.2. The summed E-state index contributed by atoms with van der Waals surface area (Å²) in [5.41, 5.74) is 17.3. The Morgan fingerprint density at radius 2 is 1.50 bits per heavy atom. The third-order valence-electron chi connectivity index (χ3n) is 5.60. The zero-order chi connectivity index (χ0) is 28.4. The van der Waals surface area contributed by atoms with Crippen molar-refractivity contribution in [3.05, 3.63) is 36.0 Å². The standard InChI is InChI=1S/C23H31N7O7S/c24-13(10-38)20(33)28-15(5-6-18(25)31)21(34)29-16(22(35)30-17(23(36)37)8-19(26)32)7-11-9-27-14-4-2-1-3-12(11)14/h1-4,9,13,15-17,27,38H,5-8,10,24H2,(H2,25,31)(H2,26,32)(H,28,33)(H,29,34)(H,30,35)(H,36,37). The highest BCUT2D eigenvalue weighted by molar-refractivity contribution is 7.80. The van der Waals surface area contributed by atoms with Crippen LogP contribution in [0.25, 0.3) is 10.9 Å². The summed E-state index contributed by atoms with van der Waals surface area (Å²) in [6.07, 6.45) is 0.429. The molecule has 0 saturated heterocycles. The first-order valence-corrected chi connectivity index (χ1v) is 12.2. The highest BCUT2D eigenvalue weighted by Gasteiger charge is 2.31. The predicted molar refractivity (Wildman–Crippen MR) is 139 cm³/mol. The molecular formula is C23H31N7O7S. The Hall–Kier alpha value is -4.11. The van der Waals surface area contributed by atoms with E-state index in [-0.39, 0.29) is 25.0 Å². The summed E-state index contributed by atoms with van der Waals surface area (Å²) in [6.45, 7) is 0. The first-order valence-electron chi connectivity index (χ1n) is 11.5. The monoisotopic (exact) mass is 549 g/mol. The zero-order valence-corrected chi connectivity index (χ0v) is 21.2. The number of rotatable bonds is 15. The summed E-state index contributed by atoms with van der Waals surface area (Å²) in [5, 5.41) is 17.3. The lowest BCUT2D eigenvalue weighted by Gasteiger charge is -2.25. The second-order valence-corrected chi connectivity index (χ2v) is 8.92. The lowest BCUT2D eigenvalue weighted by molar-refractivity contribution is -0.143.